The van der Waals surface area contributed by atoms with Gasteiger partial charge in [-0.1, -0.05) is 73.1 Å². The number of carbonyl (C=O) groups is 2. The second-order valence-electron chi connectivity index (χ2n) is 12.2. The summed E-state index contributed by atoms with van der Waals surface area (Å²) in [5.41, 5.74) is -0.947. The first-order valence-electron chi connectivity index (χ1n) is 18.2. The molecule has 0 atom stereocenters. The zero-order valence-corrected chi connectivity index (χ0v) is 33.5. The molecule has 0 unspecified atom stereocenters. The van der Waals surface area contributed by atoms with E-state index in [1.165, 1.54) is 31.7 Å². The summed E-state index contributed by atoms with van der Waals surface area (Å²) in [6.07, 6.45) is 8.93. The molecule has 1 aliphatic heterocycles. The number of aldehydes is 1. The van der Waals surface area contributed by atoms with Crippen molar-refractivity contribution in [2.24, 2.45) is 0 Å². The van der Waals surface area contributed by atoms with Crippen molar-refractivity contribution in [3.05, 3.63) is 142 Å². The molecule has 0 spiro atoms. The van der Waals surface area contributed by atoms with E-state index in [1.807, 2.05) is 11.8 Å². The van der Waals surface area contributed by atoms with Gasteiger partial charge in [-0.15, -0.1) is 0 Å². The van der Waals surface area contributed by atoms with Crippen LogP contribution in [0.4, 0.5) is 52.7 Å². The topological polar surface area (TPSA) is 77.8 Å². The SMILES string of the molecule is C.C.CCCc1cc(B(O)O)c(F)c(F)c1F.CCCc1ccc(F)c(F)c1F.Fc1cccc(F)c1F.O=CN1CCCCC1.O=Cc1ccc(F)c(F)c1F.[CH2-]CCC.[Li+]. The number of piperidine rings is 1. The molecule has 0 bridgehead atoms. The van der Waals surface area contributed by atoms with Crippen LogP contribution in [0.3, 0.4) is 0 Å². The van der Waals surface area contributed by atoms with Gasteiger partial charge < -0.3 is 21.9 Å². The maximum atomic E-state index is 13.1. The Kier molecular flexibility index (Phi) is 36.6. The Balaban J connectivity index is -0.000000332. The van der Waals surface area contributed by atoms with Crippen LogP contribution in [0.25, 0.3) is 0 Å². The minimum absolute atomic E-state index is 0. The summed E-state index contributed by atoms with van der Waals surface area (Å²) in [5, 5.41) is 17.5. The van der Waals surface area contributed by atoms with E-state index in [4.69, 9.17) is 10.0 Å². The van der Waals surface area contributed by atoms with Crippen molar-refractivity contribution in [2.45, 2.75) is 93.4 Å². The molecule has 0 aromatic heterocycles. The predicted octanol–water partition coefficient (Wildman–Crippen LogP) is 8.34. The molecule has 342 valence electrons. The Labute approximate surface area is 368 Å². The summed E-state index contributed by atoms with van der Waals surface area (Å²) >= 11 is 0. The second kappa shape index (κ2) is 35.2. The molecule has 19 heteroatoms. The molecule has 5 nitrogen and oxygen atoms in total. The number of benzene rings is 4. The minimum atomic E-state index is -2.14. The number of amides is 1. The van der Waals surface area contributed by atoms with Crippen molar-refractivity contribution >= 4 is 25.3 Å². The van der Waals surface area contributed by atoms with E-state index in [0.717, 1.165) is 62.3 Å². The van der Waals surface area contributed by atoms with Crippen LogP contribution in [-0.2, 0) is 17.6 Å². The second-order valence-corrected chi connectivity index (χ2v) is 12.2. The minimum Gasteiger partial charge on any atom is -0.423 e. The van der Waals surface area contributed by atoms with Gasteiger partial charge in [-0.2, -0.15) is 6.42 Å². The van der Waals surface area contributed by atoms with Crippen LogP contribution in [-0.4, -0.2) is 47.9 Å². The van der Waals surface area contributed by atoms with E-state index in [0.29, 0.717) is 25.3 Å². The average Bonchev–Trinajstić information content (AvgIpc) is 3.23. The summed E-state index contributed by atoms with van der Waals surface area (Å²) in [6.45, 7) is 11.3. The maximum Gasteiger partial charge on any atom is 1.00 e. The van der Waals surface area contributed by atoms with Crippen molar-refractivity contribution in [1.29, 1.82) is 0 Å². The van der Waals surface area contributed by atoms with Crippen LogP contribution in [0.5, 0.6) is 0 Å². The van der Waals surface area contributed by atoms with Crippen LogP contribution < -0.4 is 24.3 Å². The molecule has 2 N–H and O–H groups in total. The number of hydrogen-bond donors (Lipinski definition) is 2. The predicted molar refractivity (Wildman–Crippen MR) is 214 cm³/mol. The Bertz CT molecular complexity index is 1870. The van der Waals surface area contributed by atoms with Crippen LogP contribution in [0, 0.1) is 76.7 Å². The van der Waals surface area contributed by atoms with E-state index >= 15 is 0 Å². The number of rotatable bonds is 8. The Morgan fingerprint density at radius 2 is 1.02 bits per heavy atom. The van der Waals surface area contributed by atoms with Gasteiger partial charge in [-0.05, 0) is 73.6 Å². The average molecular weight is 894 g/mol. The summed E-state index contributed by atoms with van der Waals surface area (Å²) < 4.78 is 150. The number of carbonyl (C=O) groups excluding carboxylic acids is 2. The third kappa shape index (κ3) is 22.2. The first-order valence-corrected chi connectivity index (χ1v) is 18.2. The van der Waals surface area contributed by atoms with Crippen molar-refractivity contribution < 1.29 is 91.2 Å². The van der Waals surface area contributed by atoms with Crippen molar-refractivity contribution in [3.63, 3.8) is 0 Å². The molecular weight excluding hydrogens is 840 g/mol. The zero-order valence-electron chi connectivity index (χ0n) is 33.5. The van der Waals surface area contributed by atoms with Gasteiger partial charge in [0.25, 0.3) is 0 Å². The van der Waals surface area contributed by atoms with Crippen LogP contribution in [0.2, 0.25) is 0 Å². The first-order chi connectivity index (χ1) is 27.9. The Hall–Kier alpha value is -4.24. The summed E-state index contributed by atoms with van der Waals surface area (Å²) in [4.78, 5) is 21.9. The molecule has 4 aromatic rings. The normalized spacial score (nSPS) is 10.8. The van der Waals surface area contributed by atoms with Crippen LogP contribution >= 0.6 is 0 Å². The van der Waals surface area contributed by atoms with Crippen LogP contribution in [0.15, 0.2) is 48.5 Å². The van der Waals surface area contributed by atoms with Gasteiger partial charge in [0.2, 0.25) is 6.41 Å². The van der Waals surface area contributed by atoms with E-state index in [2.05, 4.69) is 13.8 Å². The Morgan fingerprint density at radius 3 is 1.42 bits per heavy atom. The molecule has 1 aliphatic rings. The number of hydrogen-bond acceptors (Lipinski definition) is 4. The molecule has 62 heavy (non-hydrogen) atoms. The number of nitrogens with zero attached hydrogens (tertiary/aromatic N) is 1. The molecule has 1 fully saturated rings. The third-order valence-electron chi connectivity index (χ3n) is 7.67. The van der Waals surface area contributed by atoms with Gasteiger partial charge in [-0.3, -0.25) is 9.59 Å². The largest absolute Gasteiger partial charge is 1.00 e. The summed E-state index contributed by atoms with van der Waals surface area (Å²) in [6, 6.07) is 7.55. The smallest absolute Gasteiger partial charge is 0.423 e. The van der Waals surface area contributed by atoms with Gasteiger partial charge >= 0.3 is 26.0 Å². The maximum absolute atomic E-state index is 13.1. The van der Waals surface area contributed by atoms with Gasteiger partial charge in [0.1, 0.15) is 0 Å². The molecule has 1 saturated heterocycles. The monoisotopic (exact) mass is 893 g/mol. The molecular formula is C43H53BF12LiNO4. The number of aryl methyl sites for hydroxylation is 2. The third-order valence-corrected chi connectivity index (χ3v) is 7.67. The summed E-state index contributed by atoms with van der Waals surface area (Å²) in [7, 11) is -2.14. The van der Waals surface area contributed by atoms with Crippen molar-refractivity contribution in [2.75, 3.05) is 13.1 Å². The van der Waals surface area contributed by atoms with Gasteiger partial charge in [0.05, 0.1) is 5.56 Å². The first kappa shape index (κ1) is 64.4. The molecule has 0 saturated carbocycles. The van der Waals surface area contributed by atoms with E-state index in [9.17, 15) is 62.3 Å². The van der Waals surface area contributed by atoms with E-state index in [1.54, 1.807) is 6.92 Å². The molecule has 5 rings (SSSR count). The van der Waals surface area contributed by atoms with Crippen molar-refractivity contribution in [1.82, 2.24) is 4.90 Å². The van der Waals surface area contributed by atoms with E-state index < -0.39 is 88.0 Å². The van der Waals surface area contributed by atoms with Gasteiger partial charge in [-0.25, -0.2) is 52.7 Å². The molecule has 1 heterocycles. The fraction of sp³-hybridized carbons (Fsp3) is 0.372. The standard InChI is InChI=1S/C9H10BF3O2.C9H9F3.C7H3F3O.C6H3F3.C6H11NO.C4H9.2CH4.Li/c1-2-3-5-4-6(10(14)15)8(12)9(13)7(5)11;1-2-3-6-4-5-7(10)9(12)8(6)11;8-5-2-1-4(3-11)6(9)7(5)10;7-4-2-1-3-5(8)6(4)9;8-6-7-4-2-1-3-5-7;1-3-4-2;;;/h4,14-15H,2-3H2,1H3;4-5H,2-3H2,1H3;1-3H;1-3H;6H,1-5H2;1,3-4H2,2H3;2*1H4;/q;;;;;-1;;;+1. The fourth-order valence-corrected chi connectivity index (χ4v) is 4.48. The fourth-order valence-electron chi connectivity index (χ4n) is 4.48. The van der Waals surface area contributed by atoms with Crippen LogP contribution in [0.1, 0.15) is 102 Å². The van der Waals surface area contributed by atoms with Gasteiger partial charge in [0.15, 0.2) is 76.1 Å². The zero-order chi connectivity index (χ0) is 45.2. The summed E-state index contributed by atoms with van der Waals surface area (Å²) in [5.74, 6) is -16.1. The molecule has 1 amide bonds. The molecule has 0 aliphatic carbocycles. The number of likely N-dealkylation sites (tertiary alicyclic amines) is 1. The number of unbranched alkanes of at least 4 members (excludes halogenated alkanes) is 1. The van der Waals surface area contributed by atoms with Crippen molar-refractivity contribution in [3.8, 4) is 0 Å². The van der Waals surface area contributed by atoms with Gasteiger partial charge in [0, 0.05) is 18.6 Å². The van der Waals surface area contributed by atoms with E-state index in [-0.39, 0.29) is 57.5 Å². The molecule has 0 radical (unpaired) electrons. The Morgan fingerprint density at radius 1 is 0.581 bits per heavy atom. The molecule has 4 aromatic carbocycles. The quantitative estimate of drug-likeness (QED) is 0.0614. The number of halogens is 12.